The third kappa shape index (κ3) is 5.99. The van der Waals surface area contributed by atoms with E-state index in [2.05, 4.69) is 35.1 Å². The molecule has 1 unspecified atom stereocenters. The summed E-state index contributed by atoms with van der Waals surface area (Å²) in [7, 11) is 3.44. The number of anilines is 1. The predicted molar refractivity (Wildman–Crippen MR) is 86.9 cm³/mol. The minimum atomic E-state index is 0.279. The summed E-state index contributed by atoms with van der Waals surface area (Å²) in [5, 5.41) is 3.53. The lowest BCUT2D eigenvalue weighted by atomic mass is 10.1. The monoisotopic (exact) mass is 295 g/mol. The predicted octanol–water partition coefficient (Wildman–Crippen LogP) is 2.24. The molecule has 0 aliphatic heterocycles. The van der Waals surface area contributed by atoms with E-state index in [1.54, 1.807) is 14.2 Å². The zero-order valence-corrected chi connectivity index (χ0v) is 13.8. The highest BCUT2D eigenvalue weighted by Gasteiger charge is 2.16. The van der Waals surface area contributed by atoms with Gasteiger partial charge in [-0.15, -0.1) is 0 Å². The Bertz CT molecular complexity index is 380. The van der Waals surface area contributed by atoms with E-state index in [1.165, 1.54) is 5.56 Å². The highest BCUT2D eigenvalue weighted by atomic mass is 16.5. The van der Waals surface area contributed by atoms with Crippen molar-refractivity contribution in [1.29, 1.82) is 0 Å². The van der Waals surface area contributed by atoms with E-state index >= 15 is 0 Å². The van der Waals surface area contributed by atoms with Crippen LogP contribution in [0.5, 0.6) is 0 Å². The third-order valence-corrected chi connectivity index (χ3v) is 3.41. The number of nitrogens with zero attached hydrogens (tertiary/aromatic N) is 2. The number of hydrogen-bond acceptors (Lipinski definition) is 5. The van der Waals surface area contributed by atoms with Crippen molar-refractivity contribution in [2.75, 3.05) is 52.0 Å². The summed E-state index contributed by atoms with van der Waals surface area (Å²) in [6.45, 7) is 8.34. The zero-order valence-electron chi connectivity index (χ0n) is 13.8. The van der Waals surface area contributed by atoms with Crippen LogP contribution >= 0.6 is 0 Å². The molecular weight excluding hydrogens is 266 g/mol. The lowest BCUT2D eigenvalue weighted by Crippen LogP contribution is -2.33. The van der Waals surface area contributed by atoms with Crippen LogP contribution in [0.4, 0.5) is 5.82 Å². The number of hydrogen-bond donors (Lipinski definition) is 1. The largest absolute Gasteiger partial charge is 0.383 e. The Balaban J connectivity index is 2.89. The summed E-state index contributed by atoms with van der Waals surface area (Å²) in [4.78, 5) is 6.82. The standard InChI is InChI=1S/C16H29N3O2/c1-5-8-17-14(2)15-7-6-9-18-16(15)19(10-12-20-3)11-13-21-4/h6-7,9,14,17H,5,8,10-13H2,1-4H3. The van der Waals surface area contributed by atoms with Crippen LogP contribution in [0.15, 0.2) is 18.3 Å². The minimum absolute atomic E-state index is 0.279. The average Bonchev–Trinajstić information content (AvgIpc) is 2.53. The van der Waals surface area contributed by atoms with Crippen LogP contribution in [0.1, 0.15) is 31.9 Å². The summed E-state index contributed by atoms with van der Waals surface area (Å²) >= 11 is 0. The maximum absolute atomic E-state index is 5.21. The van der Waals surface area contributed by atoms with Gasteiger partial charge in [-0.1, -0.05) is 13.0 Å². The van der Waals surface area contributed by atoms with E-state index in [-0.39, 0.29) is 6.04 Å². The molecule has 0 aromatic carbocycles. The molecule has 1 atom stereocenters. The summed E-state index contributed by atoms with van der Waals surface area (Å²) in [6, 6.07) is 4.41. The van der Waals surface area contributed by atoms with E-state index < -0.39 is 0 Å². The van der Waals surface area contributed by atoms with E-state index in [1.807, 2.05) is 12.3 Å². The van der Waals surface area contributed by atoms with Crippen molar-refractivity contribution < 1.29 is 9.47 Å². The Hall–Kier alpha value is -1.17. The fourth-order valence-corrected chi connectivity index (χ4v) is 2.21. The molecule has 1 aromatic rings. The van der Waals surface area contributed by atoms with Gasteiger partial charge in [0.05, 0.1) is 13.2 Å². The maximum atomic E-state index is 5.21. The van der Waals surface area contributed by atoms with E-state index in [4.69, 9.17) is 9.47 Å². The van der Waals surface area contributed by atoms with E-state index in [0.717, 1.165) is 31.9 Å². The number of rotatable bonds is 11. The van der Waals surface area contributed by atoms with Crippen LogP contribution in [-0.4, -0.2) is 52.1 Å². The van der Waals surface area contributed by atoms with Gasteiger partial charge in [0.2, 0.25) is 0 Å². The van der Waals surface area contributed by atoms with Crippen LogP contribution in [0.25, 0.3) is 0 Å². The SMILES string of the molecule is CCCNC(C)c1cccnc1N(CCOC)CCOC. The average molecular weight is 295 g/mol. The minimum Gasteiger partial charge on any atom is -0.383 e. The molecule has 5 nitrogen and oxygen atoms in total. The Labute approximate surface area is 128 Å². The molecule has 21 heavy (non-hydrogen) atoms. The first-order valence-corrected chi connectivity index (χ1v) is 7.65. The first kappa shape index (κ1) is 17.9. The van der Waals surface area contributed by atoms with Crippen molar-refractivity contribution in [1.82, 2.24) is 10.3 Å². The first-order chi connectivity index (χ1) is 10.2. The zero-order chi connectivity index (χ0) is 15.5. The Morgan fingerprint density at radius 2 is 1.90 bits per heavy atom. The van der Waals surface area contributed by atoms with Gasteiger partial charge in [0, 0.05) is 45.1 Å². The second-order valence-corrected chi connectivity index (χ2v) is 5.06. The van der Waals surface area contributed by atoms with Crippen molar-refractivity contribution in [2.45, 2.75) is 26.3 Å². The number of pyridine rings is 1. The van der Waals surface area contributed by atoms with Crippen LogP contribution in [-0.2, 0) is 9.47 Å². The van der Waals surface area contributed by atoms with Gasteiger partial charge in [-0.05, 0) is 26.0 Å². The molecular formula is C16H29N3O2. The van der Waals surface area contributed by atoms with E-state index in [9.17, 15) is 0 Å². The molecule has 0 saturated heterocycles. The normalized spacial score (nSPS) is 12.4. The second-order valence-electron chi connectivity index (χ2n) is 5.06. The highest BCUT2D eigenvalue weighted by molar-refractivity contribution is 5.48. The summed E-state index contributed by atoms with van der Waals surface area (Å²) < 4.78 is 10.4. The van der Waals surface area contributed by atoms with Gasteiger partial charge < -0.3 is 19.7 Å². The van der Waals surface area contributed by atoms with Crippen molar-refractivity contribution in [3.05, 3.63) is 23.9 Å². The molecule has 5 heteroatoms. The van der Waals surface area contributed by atoms with Crippen LogP contribution < -0.4 is 10.2 Å². The van der Waals surface area contributed by atoms with Gasteiger partial charge in [0.1, 0.15) is 5.82 Å². The summed E-state index contributed by atoms with van der Waals surface area (Å²) in [6.07, 6.45) is 2.97. The van der Waals surface area contributed by atoms with Gasteiger partial charge in [-0.2, -0.15) is 0 Å². The highest BCUT2D eigenvalue weighted by Crippen LogP contribution is 2.23. The van der Waals surface area contributed by atoms with Crippen LogP contribution in [0, 0.1) is 0 Å². The quantitative estimate of drug-likeness (QED) is 0.678. The smallest absolute Gasteiger partial charge is 0.133 e. The first-order valence-electron chi connectivity index (χ1n) is 7.65. The fourth-order valence-electron chi connectivity index (χ4n) is 2.21. The van der Waals surface area contributed by atoms with Gasteiger partial charge >= 0.3 is 0 Å². The molecule has 1 aromatic heterocycles. The second kappa shape index (κ2) is 10.5. The molecule has 0 saturated carbocycles. The lowest BCUT2D eigenvalue weighted by Gasteiger charge is -2.27. The molecule has 0 bridgehead atoms. The van der Waals surface area contributed by atoms with Crippen LogP contribution in [0.3, 0.4) is 0 Å². The van der Waals surface area contributed by atoms with Gasteiger partial charge in [0.15, 0.2) is 0 Å². The molecule has 1 heterocycles. The van der Waals surface area contributed by atoms with Crippen molar-refractivity contribution in [2.24, 2.45) is 0 Å². The number of methoxy groups -OCH3 is 2. The van der Waals surface area contributed by atoms with Gasteiger partial charge in [-0.3, -0.25) is 0 Å². The number of aromatic nitrogens is 1. The van der Waals surface area contributed by atoms with Gasteiger partial charge in [-0.25, -0.2) is 4.98 Å². The molecule has 0 fully saturated rings. The van der Waals surface area contributed by atoms with Crippen molar-refractivity contribution >= 4 is 5.82 Å². The van der Waals surface area contributed by atoms with Crippen molar-refractivity contribution in [3.63, 3.8) is 0 Å². The fraction of sp³-hybridized carbons (Fsp3) is 0.688. The molecule has 1 N–H and O–H groups in total. The molecule has 0 radical (unpaired) electrons. The maximum Gasteiger partial charge on any atom is 0.133 e. The topological polar surface area (TPSA) is 46.6 Å². The number of nitrogens with one attached hydrogen (secondary N) is 1. The summed E-state index contributed by atoms with van der Waals surface area (Å²) in [5.74, 6) is 1.02. The molecule has 0 aliphatic rings. The molecule has 0 aliphatic carbocycles. The molecule has 0 spiro atoms. The van der Waals surface area contributed by atoms with Crippen molar-refractivity contribution in [3.8, 4) is 0 Å². The number of ether oxygens (including phenoxy) is 2. The Morgan fingerprint density at radius 3 is 2.48 bits per heavy atom. The molecule has 1 rings (SSSR count). The molecule has 120 valence electrons. The third-order valence-electron chi connectivity index (χ3n) is 3.41. The Kier molecular flexibility index (Phi) is 8.98. The van der Waals surface area contributed by atoms with Crippen LogP contribution in [0.2, 0.25) is 0 Å². The molecule has 0 amide bonds. The van der Waals surface area contributed by atoms with Gasteiger partial charge in [0.25, 0.3) is 0 Å². The van der Waals surface area contributed by atoms with E-state index in [0.29, 0.717) is 13.2 Å². The lowest BCUT2D eigenvalue weighted by molar-refractivity contribution is 0.190. The summed E-state index contributed by atoms with van der Waals surface area (Å²) in [5.41, 5.74) is 1.22. The Morgan fingerprint density at radius 1 is 1.24 bits per heavy atom.